The van der Waals surface area contributed by atoms with Gasteiger partial charge >= 0.3 is 0 Å². The number of hydrogen-bond acceptors (Lipinski definition) is 7. The molecule has 1 aliphatic heterocycles. The summed E-state index contributed by atoms with van der Waals surface area (Å²) in [6, 6.07) is 10.5. The van der Waals surface area contributed by atoms with Crippen molar-refractivity contribution in [1.82, 2.24) is 4.90 Å². The normalized spacial score (nSPS) is 17.2. The summed E-state index contributed by atoms with van der Waals surface area (Å²) in [7, 11) is 3.29. The Kier molecular flexibility index (Phi) is 6.11. The van der Waals surface area contributed by atoms with Gasteiger partial charge in [0.05, 0.1) is 32.4 Å². The van der Waals surface area contributed by atoms with Gasteiger partial charge in [-0.15, -0.1) is 22.7 Å². The molecule has 3 heterocycles. The van der Waals surface area contributed by atoms with Crippen molar-refractivity contribution in [3.63, 3.8) is 0 Å². The fourth-order valence-electron chi connectivity index (χ4n) is 4.91. The van der Waals surface area contributed by atoms with Crippen LogP contribution in [0.1, 0.15) is 44.5 Å². The number of nitrogens with one attached hydrogen (secondary N) is 1. The highest BCUT2D eigenvalue weighted by Gasteiger charge is 2.32. The molecule has 1 atom stereocenters. The lowest BCUT2D eigenvalue weighted by atomic mass is 9.91. The Morgan fingerprint density at radius 2 is 2.06 bits per heavy atom. The maximum Gasteiger partial charge on any atom is 0.239 e. The molecule has 0 saturated heterocycles. The van der Waals surface area contributed by atoms with Crippen LogP contribution in [0, 0.1) is 11.3 Å². The molecule has 1 N–H and O–H groups in total. The third-order valence-electron chi connectivity index (χ3n) is 6.42. The zero-order chi connectivity index (χ0) is 22.9. The van der Waals surface area contributed by atoms with E-state index < -0.39 is 0 Å². The van der Waals surface area contributed by atoms with Gasteiger partial charge in [-0.25, -0.2) is 0 Å². The molecule has 8 heteroatoms. The standard InChI is InChI=1S/C25H25N3O3S2/c1-30-19-11-15-8-9-28(24(22-7-4-10-32-22)17(15)12-20(19)31-2)14-23(29)27-25-18(13-26)16-5-3-6-21(16)33-25/h4,7,10-12,24H,3,5-6,8-9,14H2,1-2H3,(H,27,29)/t24-/m1/s1. The second-order valence-corrected chi connectivity index (χ2v) is 10.4. The molecule has 1 amide bonds. The number of aryl methyl sites for hydroxylation is 1. The van der Waals surface area contributed by atoms with Crippen molar-refractivity contribution in [1.29, 1.82) is 5.26 Å². The Balaban J connectivity index is 1.43. The first kappa shape index (κ1) is 22.0. The Morgan fingerprint density at radius 1 is 1.24 bits per heavy atom. The SMILES string of the molecule is COc1cc2c(cc1OC)[C@H](c1cccs1)N(CC(=O)Nc1sc3c(c1C#N)CCC3)CC2. The van der Waals surface area contributed by atoms with Crippen molar-refractivity contribution >= 4 is 33.6 Å². The van der Waals surface area contributed by atoms with Crippen LogP contribution in [0.4, 0.5) is 5.00 Å². The molecular weight excluding hydrogens is 454 g/mol. The number of nitriles is 1. The predicted octanol–water partition coefficient (Wildman–Crippen LogP) is 4.77. The molecule has 3 aromatic rings. The topological polar surface area (TPSA) is 74.6 Å². The van der Waals surface area contributed by atoms with Crippen LogP contribution in [0.25, 0.3) is 0 Å². The quantitative estimate of drug-likeness (QED) is 0.551. The van der Waals surface area contributed by atoms with Crippen molar-refractivity contribution in [3.05, 3.63) is 61.7 Å². The zero-order valence-corrected chi connectivity index (χ0v) is 20.3. The second-order valence-electron chi connectivity index (χ2n) is 8.27. The lowest BCUT2D eigenvalue weighted by Gasteiger charge is -2.36. The van der Waals surface area contributed by atoms with E-state index in [1.165, 1.54) is 15.3 Å². The number of rotatable bonds is 6. The molecule has 1 aromatic carbocycles. The Bertz CT molecular complexity index is 1230. The molecule has 0 bridgehead atoms. The first-order valence-corrected chi connectivity index (χ1v) is 12.7. The summed E-state index contributed by atoms with van der Waals surface area (Å²) in [5, 5.41) is 15.5. The highest BCUT2D eigenvalue weighted by atomic mass is 32.1. The van der Waals surface area contributed by atoms with Gasteiger partial charge < -0.3 is 14.8 Å². The van der Waals surface area contributed by atoms with Crippen LogP contribution in [-0.2, 0) is 24.1 Å². The van der Waals surface area contributed by atoms with Crippen LogP contribution in [-0.4, -0.2) is 38.1 Å². The number of benzene rings is 1. The van der Waals surface area contributed by atoms with E-state index in [1.807, 2.05) is 12.1 Å². The summed E-state index contributed by atoms with van der Waals surface area (Å²) < 4.78 is 11.1. The summed E-state index contributed by atoms with van der Waals surface area (Å²) in [5.74, 6) is 1.33. The van der Waals surface area contributed by atoms with Gasteiger partial charge in [-0.3, -0.25) is 9.69 Å². The average molecular weight is 480 g/mol. The van der Waals surface area contributed by atoms with Crippen LogP contribution in [0.5, 0.6) is 11.5 Å². The summed E-state index contributed by atoms with van der Waals surface area (Å²) in [6.45, 7) is 1.01. The van der Waals surface area contributed by atoms with Gasteiger partial charge in [0.25, 0.3) is 0 Å². The van der Waals surface area contributed by atoms with Gasteiger partial charge in [0.1, 0.15) is 11.1 Å². The number of amides is 1. The number of methoxy groups -OCH3 is 2. The lowest BCUT2D eigenvalue weighted by molar-refractivity contribution is -0.117. The van der Waals surface area contributed by atoms with E-state index in [-0.39, 0.29) is 18.5 Å². The van der Waals surface area contributed by atoms with Crippen molar-refractivity contribution in [2.45, 2.75) is 31.7 Å². The number of hydrogen-bond donors (Lipinski definition) is 1. The first-order chi connectivity index (χ1) is 16.1. The number of nitrogens with zero attached hydrogens (tertiary/aromatic N) is 2. The van der Waals surface area contributed by atoms with Crippen LogP contribution in [0.3, 0.4) is 0 Å². The Hall–Kier alpha value is -2.86. The molecule has 1 aliphatic carbocycles. The van der Waals surface area contributed by atoms with Crippen LogP contribution >= 0.6 is 22.7 Å². The number of ether oxygens (including phenoxy) is 2. The maximum absolute atomic E-state index is 13.1. The monoisotopic (exact) mass is 479 g/mol. The Morgan fingerprint density at radius 3 is 2.79 bits per heavy atom. The van der Waals surface area contributed by atoms with Gasteiger partial charge in [0.15, 0.2) is 11.5 Å². The van der Waals surface area contributed by atoms with Crippen LogP contribution < -0.4 is 14.8 Å². The largest absolute Gasteiger partial charge is 0.493 e. The van der Waals surface area contributed by atoms with Crippen LogP contribution in [0.2, 0.25) is 0 Å². The molecule has 6 nitrogen and oxygen atoms in total. The molecule has 0 unspecified atom stereocenters. The molecule has 33 heavy (non-hydrogen) atoms. The molecular formula is C25H25N3O3S2. The minimum absolute atomic E-state index is 0.0388. The van der Waals surface area contributed by atoms with E-state index in [0.717, 1.165) is 49.1 Å². The van der Waals surface area contributed by atoms with E-state index in [2.05, 4.69) is 33.8 Å². The Labute approximate surface area is 201 Å². The number of fused-ring (bicyclic) bond motifs is 2. The summed E-state index contributed by atoms with van der Waals surface area (Å²) in [4.78, 5) is 17.8. The lowest BCUT2D eigenvalue weighted by Crippen LogP contribution is -2.40. The minimum Gasteiger partial charge on any atom is -0.493 e. The smallest absolute Gasteiger partial charge is 0.239 e. The second kappa shape index (κ2) is 9.18. The molecule has 170 valence electrons. The molecule has 0 saturated carbocycles. The molecule has 2 aromatic heterocycles. The van der Waals surface area contributed by atoms with E-state index in [9.17, 15) is 10.1 Å². The average Bonchev–Trinajstić information content (AvgIpc) is 3.56. The third kappa shape index (κ3) is 4.01. The number of carbonyl (C=O) groups is 1. The van der Waals surface area contributed by atoms with Gasteiger partial charge in [0.2, 0.25) is 5.91 Å². The van der Waals surface area contributed by atoms with Crippen molar-refractivity contribution in [2.75, 3.05) is 32.6 Å². The van der Waals surface area contributed by atoms with Gasteiger partial charge in [-0.2, -0.15) is 5.26 Å². The third-order valence-corrected chi connectivity index (χ3v) is 8.55. The van der Waals surface area contributed by atoms with Gasteiger partial charge in [-0.1, -0.05) is 6.07 Å². The van der Waals surface area contributed by atoms with Crippen molar-refractivity contribution in [3.8, 4) is 17.6 Å². The van der Waals surface area contributed by atoms with Crippen molar-refractivity contribution < 1.29 is 14.3 Å². The fourth-order valence-corrected chi connectivity index (χ4v) is 7.04. The van der Waals surface area contributed by atoms with Crippen molar-refractivity contribution in [2.24, 2.45) is 0 Å². The molecule has 0 spiro atoms. The molecule has 2 aliphatic rings. The minimum atomic E-state index is -0.0862. The van der Waals surface area contributed by atoms with E-state index in [1.54, 1.807) is 36.9 Å². The highest BCUT2D eigenvalue weighted by molar-refractivity contribution is 7.16. The van der Waals surface area contributed by atoms with E-state index in [0.29, 0.717) is 16.3 Å². The zero-order valence-electron chi connectivity index (χ0n) is 18.6. The molecule has 0 fully saturated rings. The maximum atomic E-state index is 13.1. The van der Waals surface area contributed by atoms with E-state index >= 15 is 0 Å². The molecule has 5 rings (SSSR count). The summed E-state index contributed by atoms with van der Waals surface area (Å²) in [5.41, 5.74) is 4.13. The summed E-state index contributed by atoms with van der Waals surface area (Å²) in [6.07, 6.45) is 3.84. The predicted molar refractivity (Wildman–Crippen MR) is 131 cm³/mol. The first-order valence-electron chi connectivity index (χ1n) is 11.0. The number of thiophene rings is 2. The fraction of sp³-hybridized carbons (Fsp3) is 0.360. The van der Waals surface area contributed by atoms with Gasteiger partial charge in [0, 0.05) is 16.3 Å². The van der Waals surface area contributed by atoms with Crippen LogP contribution in [0.15, 0.2) is 29.6 Å². The summed E-state index contributed by atoms with van der Waals surface area (Å²) >= 11 is 3.25. The van der Waals surface area contributed by atoms with Gasteiger partial charge in [-0.05, 0) is 66.0 Å². The van der Waals surface area contributed by atoms with E-state index in [4.69, 9.17) is 9.47 Å². The number of carbonyl (C=O) groups excluding carboxylic acids is 1. The molecule has 0 radical (unpaired) electrons. The number of anilines is 1. The highest BCUT2D eigenvalue weighted by Crippen LogP contribution is 2.42.